The largest absolute Gasteiger partial charge is 0.357 e. The van der Waals surface area contributed by atoms with Crippen LogP contribution in [-0.4, -0.2) is 67.2 Å². The Bertz CT molecular complexity index is 845. The quantitative estimate of drug-likeness (QED) is 0.758. The second kappa shape index (κ2) is 9.75. The first-order chi connectivity index (χ1) is 14.7. The van der Waals surface area contributed by atoms with Gasteiger partial charge in [-0.05, 0) is 55.3 Å². The van der Waals surface area contributed by atoms with Crippen LogP contribution in [0.15, 0.2) is 36.7 Å². The van der Waals surface area contributed by atoms with Crippen molar-refractivity contribution in [3.05, 3.63) is 47.8 Å². The number of carbonyl (C=O) groups excluding carboxylic acids is 1. The number of hydrogen-bond donors (Lipinski definition) is 2. The van der Waals surface area contributed by atoms with Crippen molar-refractivity contribution in [2.75, 3.05) is 56.1 Å². The lowest BCUT2D eigenvalue weighted by atomic mass is 10.2. The lowest BCUT2D eigenvalue weighted by Crippen LogP contribution is -2.44. The van der Waals surface area contributed by atoms with Crippen molar-refractivity contribution in [1.29, 1.82) is 0 Å². The third-order valence-corrected chi connectivity index (χ3v) is 5.78. The molecular weight excluding hydrogens is 378 g/mol. The monoisotopic (exact) mass is 409 g/mol. The fraction of sp³-hybridized carbons (Fsp3) is 0.500. The number of urea groups is 1. The van der Waals surface area contributed by atoms with Crippen molar-refractivity contribution in [3.8, 4) is 0 Å². The molecule has 2 aromatic heterocycles. The Balaban J connectivity index is 1.25. The number of hydrogen-bond acceptors (Lipinski definition) is 6. The van der Waals surface area contributed by atoms with E-state index in [0.717, 1.165) is 62.0 Å². The molecule has 0 aliphatic carbocycles. The number of rotatable bonds is 6. The summed E-state index contributed by atoms with van der Waals surface area (Å²) in [5.41, 5.74) is 2.11. The highest BCUT2D eigenvalue weighted by atomic mass is 16.2. The van der Waals surface area contributed by atoms with Crippen LogP contribution in [0.4, 0.5) is 16.4 Å². The Morgan fingerprint density at radius 2 is 1.33 bits per heavy atom. The van der Waals surface area contributed by atoms with E-state index in [0.29, 0.717) is 13.1 Å². The molecule has 0 unspecified atom stereocenters. The van der Waals surface area contributed by atoms with E-state index in [9.17, 15) is 4.79 Å². The molecule has 0 aromatic carbocycles. The molecule has 2 fully saturated rings. The predicted octanol–water partition coefficient (Wildman–Crippen LogP) is 1.83. The number of amides is 2. The number of aromatic nitrogens is 2. The van der Waals surface area contributed by atoms with Gasteiger partial charge < -0.3 is 25.3 Å². The van der Waals surface area contributed by atoms with Crippen molar-refractivity contribution in [1.82, 2.24) is 25.5 Å². The molecule has 30 heavy (non-hydrogen) atoms. The fourth-order valence-electron chi connectivity index (χ4n) is 3.90. The highest BCUT2D eigenvalue weighted by Gasteiger charge is 2.16. The lowest BCUT2D eigenvalue weighted by molar-refractivity contribution is 0.240. The minimum atomic E-state index is -0.174. The maximum absolute atomic E-state index is 12.3. The maximum Gasteiger partial charge on any atom is 0.315 e. The second-order valence-corrected chi connectivity index (χ2v) is 8.07. The van der Waals surface area contributed by atoms with Crippen LogP contribution in [0, 0.1) is 0 Å². The molecule has 2 amide bonds. The zero-order valence-electron chi connectivity index (χ0n) is 17.7. The van der Waals surface area contributed by atoms with E-state index in [1.54, 1.807) is 0 Å². The van der Waals surface area contributed by atoms with Crippen LogP contribution in [0.1, 0.15) is 24.0 Å². The smallest absolute Gasteiger partial charge is 0.315 e. The molecule has 2 aliphatic heterocycles. The molecule has 0 radical (unpaired) electrons. The number of nitrogens with zero attached hydrogens (tertiary/aromatic N) is 5. The molecule has 4 rings (SSSR count). The highest BCUT2D eigenvalue weighted by Crippen LogP contribution is 2.18. The van der Waals surface area contributed by atoms with E-state index in [1.807, 2.05) is 24.5 Å². The van der Waals surface area contributed by atoms with Gasteiger partial charge in [-0.25, -0.2) is 14.8 Å². The molecule has 2 N–H and O–H groups in total. The highest BCUT2D eigenvalue weighted by molar-refractivity contribution is 5.73. The van der Waals surface area contributed by atoms with Crippen molar-refractivity contribution in [3.63, 3.8) is 0 Å². The Kier molecular flexibility index (Phi) is 6.63. The molecule has 0 atom stereocenters. The standard InChI is InChI=1S/C22H31N7O/c1-27-10-12-29(13-11-27)21-15-19(5-7-24-21)17-26-22(30)25-16-18-4-6-23-20(14-18)28-8-2-3-9-28/h4-7,14-15H,2-3,8-13,16-17H2,1H3,(H2,25,26,30). The Morgan fingerprint density at radius 3 is 1.87 bits per heavy atom. The summed E-state index contributed by atoms with van der Waals surface area (Å²) in [6.07, 6.45) is 6.08. The molecule has 2 saturated heterocycles. The van der Waals surface area contributed by atoms with E-state index >= 15 is 0 Å². The zero-order chi connectivity index (χ0) is 20.8. The number of likely N-dealkylation sites (N-methyl/N-ethyl adjacent to an activating group) is 1. The predicted molar refractivity (Wildman–Crippen MR) is 119 cm³/mol. The molecule has 4 heterocycles. The number of anilines is 2. The van der Waals surface area contributed by atoms with Crippen LogP contribution >= 0.6 is 0 Å². The second-order valence-electron chi connectivity index (χ2n) is 8.07. The maximum atomic E-state index is 12.3. The molecule has 8 heteroatoms. The van der Waals surface area contributed by atoms with E-state index in [2.05, 4.69) is 54.5 Å². The molecular formula is C22H31N7O. The minimum Gasteiger partial charge on any atom is -0.357 e. The van der Waals surface area contributed by atoms with Crippen LogP contribution in [-0.2, 0) is 13.1 Å². The summed E-state index contributed by atoms with van der Waals surface area (Å²) in [6.45, 7) is 7.13. The number of carbonyl (C=O) groups is 1. The molecule has 0 saturated carbocycles. The van der Waals surface area contributed by atoms with Gasteiger partial charge in [0.2, 0.25) is 0 Å². The topological polar surface area (TPSA) is 76.6 Å². The first-order valence-electron chi connectivity index (χ1n) is 10.8. The molecule has 8 nitrogen and oxygen atoms in total. The number of nitrogens with one attached hydrogen (secondary N) is 2. The van der Waals surface area contributed by atoms with Crippen LogP contribution in [0.3, 0.4) is 0 Å². The van der Waals surface area contributed by atoms with Crippen molar-refractivity contribution >= 4 is 17.7 Å². The summed E-state index contributed by atoms with van der Waals surface area (Å²) in [6, 6.07) is 7.86. The summed E-state index contributed by atoms with van der Waals surface area (Å²) in [7, 11) is 2.14. The summed E-state index contributed by atoms with van der Waals surface area (Å²) >= 11 is 0. The van der Waals surface area contributed by atoms with Crippen LogP contribution in [0.25, 0.3) is 0 Å². The molecule has 160 valence electrons. The van der Waals surface area contributed by atoms with Crippen LogP contribution in [0.2, 0.25) is 0 Å². The van der Waals surface area contributed by atoms with E-state index in [-0.39, 0.29) is 6.03 Å². The molecule has 0 spiro atoms. The van der Waals surface area contributed by atoms with E-state index in [1.165, 1.54) is 12.8 Å². The number of piperazine rings is 1. The molecule has 0 bridgehead atoms. The average Bonchev–Trinajstić information content (AvgIpc) is 3.32. The third kappa shape index (κ3) is 5.38. The SMILES string of the molecule is CN1CCN(c2cc(CNC(=O)NCc3ccnc(N4CCCC4)c3)ccn2)CC1. The average molecular weight is 410 g/mol. The summed E-state index contributed by atoms with van der Waals surface area (Å²) in [5, 5.41) is 5.89. The van der Waals surface area contributed by atoms with E-state index in [4.69, 9.17) is 0 Å². The third-order valence-electron chi connectivity index (χ3n) is 5.78. The van der Waals surface area contributed by atoms with Gasteiger partial charge in [-0.3, -0.25) is 0 Å². The van der Waals surface area contributed by atoms with Crippen molar-refractivity contribution in [2.45, 2.75) is 25.9 Å². The van der Waals surface area contributed by atoms with Gasteiger partial charge in [0, 0.05) is 64.8 Å². The first-order valence-corrected chi connectivity index (χ1v) is 10.8. The lowest BCUT2D eigenvalue weighted by Gasteiger charge is -2.33. The number of pyridine rings is 2. The van der Waals surface area contributed by atoms with E-state index < -0.39 is 0 Å². The van der Waals surface area contributed by atoms with Gasteiger partial charge in [0.05, 0.1) is 0 Å². The molecule has 2 aliphatic rings. The fourth-order valence-corrected chi connectivity index (χ4v) is 3.90. The minimum absolute atomic E-state index is 0.174. The molecule has 2 aromatic rings. The van der Waals surface area contributed by atoms with Gasteiger partial charge in [0.15, 0.2) is 0 Å². The van der Waals surface area contributed by atoms with Gasteiger partial charge in [-0.15, -0.1) is 0 Å². The van der Waals surface area contributed by atoms with Gasteiger partial charge >= 0.3 is 6.03 Å². The van der Waals surface area contributed by atoms with Gasteiger partial charge in [-0.2, -0.15) is 0 Å². The van der Waals surface area contributed by atoms with Gasteiger partial charge in [-0.1, -0.05) is 0 Å². The van der Waals surface area contributed by atoms with Gasteiger partial charge in [0.25, 0.3) is 0 Å². The Morgan fingerprint density at radius 1 is 0.833 bits per heavy atom. The zero-order valence-corrected chi connectivity index (χ0v) is 17.7. The van der Waals surface area contributed by atoms with Gasteiger partial charge in [0.1, 0.15) is 11.6 Å². The first kappa shape index (κ1) is 20.4. The summed E-state index contributed by atoms with van der Waals surface area (Å²) < 4.78 is 0. The van der Waals surface area contributed by atoms with Crippen LogP contribution in [0.5, 0.6) is 0 Å². The summed E-state index contributed by atoms with van der Waals surface area (Å²) in [4.78, 5) is 28.2. The van der Waals surface area contributed by atoms with Crippen LogP contribution < -0.4 is 20.4 Å². The van der Waals surface area contributed by atoms with Crippen molar-refractivity contribution in [2.24, 2.45) is 0 Å². The normalized spacial score (nSPS) is 17.2. The Labute approximate surface area is 178 Å². The Hall–Kier alpha value is -2.87. The summed E-state index contributed by atoms with van der Waals surface area (Å²) in [5.74, 6) is 1.98. The van der Waals surface area contributed by atoms with Crippen molar-refractivity contribution < 1.29 is 4.79 Å².